The van der Waals surface area contributed by atoms with Gasteiger partial charge in [-0.1, -0.05) is 54.6 Å². The minimum atomic E-state index is -0.317. The summed E-state index contributed by atoms with van der Waals surface area (Å²) < 4.78 is 0. The van der Waals surface area contributed by atoms with E-state index in [-0.39, 0.29) is 11.8 Å². The second-order valence-electron chi connectivity index (χ2n) is 9.42. The van der Waals surface area contributed by atoms with Crippen molar-refractivity contribution in [2.45, 2.75) is 0 Å². The minimum absolute atomic E-state index is 0.315. The fourth-order valence-corrected chi connectivity index (χ4v) is 6.14. The van der Waals surface area contributed by atoms with Gasteiger partial charge in [0.2, 0.25) is 0 Å². The van der Waals surface area contributed by atoms with E-state index in [1.807, 2.05) is 83.6 Å². The Labute approximate surface area is 248 Å². The second-order valence-corrected chi connectivity index (χ2v) is 11.3. The molecule has 0 saturated heterocycles. The van der Waals surface area contributed by atoms with Gasteiger partial charge in [-0.3, -0.25) is 9.59 Å². The van der Waals surface area contributed by atoms with E-state index in [9.17, 15) is 9.59 Å². The molecule has 42 heavy (non-hydrogen) atoms. The van der Waals surface area contributed by atoms with Crippen molar-refractivity contribution >= 4 is 67.9 Å². The number of hydrogen-bond acceptors (Lipinski definition) is 7. The van der Waals surface area contributed by atoms with E-state index >= 15 is 0 Å². The molecule has 0 unspecified atom stereocenters. The van der Waals surface area contributed by atoms with Gasteiger partial charge in [-0.2, -0.15) is 0 Å². The van der Waals surface area contributed by atoms with Gasteiger partial charge >= 0.3 is 0 Å². The molecule has 0 aliphatic rings. The molecule has 9 heteroatoms. The molecule has 2 aromatic carbocycles. The third-order valence-corrected chi connectivity index (χ3v) is 8.49. The minimum Gasteiger partial charge on any atom is -0.306 e. The molecule has 0 atom stereocenters. The number of hydrogen-bond donors (Lipinski definition) is 2. The van der Waals surface area contributed by atoms with Crippen LogP contribution in [-0.4, -0.2) is 26.8 Å². The van der Waals surface area contributed by atoms with Crippen molar-refractivity contribution in [3.8, 4) is 21.1 Å². The summed E-state index contributed by atoms with van der Waals surface area (Å²) in [5.74, 6) is -0.00310. The van der Waals surface area contributed by atoms with Crippen molar-refractivity contribution in [3.05, 3.63) is 125 Å². The Bertz CT molecular complexity index is 1940. The first-order valence-electron chi connectivity index (χ1n) is 13.1. The molecule has 7 rings (SSSR count). The third kappa shape index (κ3) is 5.03. The fourth-order valence-electron chi connectivity index (χ4n) is 4.77. The monoisotopic (exact) mass is 583 g/mol. The van der Waals surface area contributed by atoms with Crippen LogP contribution in [0.2, 0.25) is 0 Å². The number of anilines is 2. The first-order valence-corrected chi connectivity index (χ1v) is 14.9. The summed E-state index contributed by atoms with van der Waals surface area (Å²) in [6.45, 7) is 0. The number of benzene rings is 2. The Kier molecular flexibility index (Phi) is 6.71. The van der Waals surface area contributed by atoms with Gasteiger partial charge in [0, 0.05) is 10.8 Å². The summed E-state index contributed by atoms with van der Waals surface area (Å²) in [5, 5.41) is 11.2. The molecule has 2 amide bonds. The van der Waals surface area contributed by atoms with Crippen LogP contribution >= 0.6 is 22.7 Å². The SMILES string of the molecule is O=C(Nc1cccc(NC(=O)c2cc(-c3cccs3)nc3ccccc23)n1)c1cc(-c2cccs2)nc2ccccc12. The van der Waals surface area contributed by atoms with Crippen LogP contribution in [0.5, 0.6) is 0 Å². The second kappa shape index (κ2) is 11.0. The number of rotatable bonds is 6. The lowest BCUT2D eigenvalue weighted by atomic mass is 10.1. The Morgan fingerprint density at radius 1 is 0.524 bits per heavy atom. The molecule has 0 bridgehead atoms. The van der Waals surface area contributed by atoms with Crippen LogP contribution in [0.25, 0.3) is 42.9 Å². The zero-order valence-corrected chi connectivity index (χ0v) is 23.6. The van der Waals surface area contributed by atoms with Crippen molar-refractivity contribution in [3.63, 3.8) is 0 Å². The first-order chi connectivity index (χ1) is 20.6. The summed E-state index contributed by atoms with van der Waals surface area (Å²) >= 11 is 3.13. The van der Waals surface area contributed by atoms with Gasteiger partial charge in [-0.05, 0) is 59.3 Å². The molecule has 7 aromatic rings. The van der Waals surface area contributed by atoms with Gasteiger partial charge < -0.3 is 10.6 Å². The summed E-state index contributed by atoms with van der Waals surface area (Å²) in [4.78, 5) is 43.0. The van der Waals surface area contributed by atoms with Crippen molar-refractivity contribution in [2.75, 3.05) is 10.6 Å². The van der Waals surface area contributed by atoms with Crippen molar-refractivity contribution in [1.82, 2.24) is 15.0 Å². The standard InChI is InChI=1S/C33H21N5O2S2/c39-32(22-18-26(28-12-6-16-41-28)34-24-10-3-1-8-20(22)24)37-30-14-5-15-31(36-30)38-33(40)23-19-27(29-13-7-17-42-29)35-25-11-4-2-9-21(23)25/h1-19H,(H2,36,37,38,39,40). The molecule has 0 spiro atoms. The number of carbonyl (C=O) groups excluding carboxylic acids is 2. The van der Waals surface area contributed by atoms with Gasteiger partial charge in [-0.15, -0.1) is 22.7 Å². The molecule has 0 fully saturated rings. The maximum Gasteiger partial charge on any atom is 0.257 e. The number of nitrogens with zero attached hydrogens (tertiary/aromatic N) is 3. The summed E-state index contributed by atoms with van der Waals surface area (Å²) in [7, 11) is 0. The van der Waals surface area contributed by atoms with Gasteiger partial charge in [0.1, 0.15) is 11.6 Å². The van der Waals surface area contributed by atoms with Crippen LogP contribution in [0.15, 0.2) is 114 Å². The highest BCUT2D eigenvalue weighted by atomic mass is 32.1. The Morgan fingerprint density at radius 3 is 1.45 bits per heavy atom. The van der Waals surface area contributed by atoms with E-state index < -0.39 is 0 Å². The highest BCUT2D eigenvalue weighted by Gasteiger charge is 2.17. The largest absolute Gasteiger partial charge is 0.306 e. The quantitative estimate of drug-likeness (QED) is 0.206. The zero-order chi connectivity index (χ0) is 28.5. The Hall–Kier alpha value is -5.25. The van der Waals surface area contributed by atoms with Gasteiger partial charge in [0.05, 0.1) is 43.3 Å². The third-order valence-electron chi connectivity index (χ3n) is 6.70. The number of fused-ring (bicyclic) bond motifs is 2. The van der Waals surface area contributed by atoms with E-state index in [1.165, 1.54) is 0 Å². The molecule has 202 valence electrons. The maximum absolute atomic E-state index is 13.5. The van der Waals surface area contributed by atoms with Crippen molar-refractivity contribution in [1.29, 1.82) is 0 Å². The molecular weight excluding hydrogens is 563 g/mol. The number of pyridine rings is 3. The van der Waals surface area contributed by atoms with Gasteiger partial charge in [-0.25, -0.2) is 15.0 Å². The lowest BCUT2D eigenvalue weighted by Crippen LogP contribution is -2.17. The van der Waals surface area contributed by atoms with Crippen LogP contribution in [0.4, 0.5) is 11.6 Å². The van der Waals surface area contributed by atoms with E-state index in [0.717, 1.165) is 42.9 Å². The number of aromatic nitrogens is 3. The van der Waals surface area contributed by atoms with Crippen LogP contribution in [0.1, 0.15) is 20.7 Å². The molecule has 2 N–H and O–H groups in total. The molecule has 0 aliphatic carbocycles. The van der Waals surface area contributed by atoms with Crippen LogP contribution in [0, 0.1) is 0 Å². The smallest absolute Gasteiger partial charge is 0.257 e. The predicted octanol–water partition coefficient (Wildman–Crippen LogP) is 8.14. The maximum atomic E-state index is 13.5. The lowest BCUT2D eigenvalue weighted by molar-refractivity contribution is 0.102. The first kappa shape index (κ1) is 25.7. The number of carbonyl (C=O) groups is 2. The highest BCUT2D eigenvalue weighted by Crippen LogP contribution is 2.30. The summed E-state index contributed by atoms with van der Waals surface area (Å²) in [5.41, 5.74) is 3.90. The molecule has 0 aliphatic heterocycles. The average Bonchev–Trinajstić information content (AvgIpc) is 3.76. The number of nitrogens with one attached hydrogen (secondary N) is 2. The van der Waals surface area contributed by atoms with Crippen LogP contribution < -0.4 is 10.6 Å². The highest BCUT2D eigenvalue weighted by molar-refractivity contribution is 7.13. The lowest BCUT2D eigenvalue weighted by Gasteiger charge is -2.12. The van der Waals surface area contributed by atoms with E-state index in [0.29, 0.717) is 22.8 Å². The summed E-state index contributed by atoms with van der Waals surface area (Å²) in [6.07, 6.45) is 0. The normalized spacial score (nSPS) is 11.0. The van der Waals surface area contributed by atoms with Crippen LogP contribution in [-0.2, 0) is 0 Å². The van der Waals surface area contributed by atoms with Crippen LogP contribution in [0.3, 0.4) is 0 Å². The Balaban J connectivity index is 1.17. The topological polar surface area (TPSA) is 96.9 Å². The van der Waals surface area contributed by atoms with Crippen molar-refractivity contribution < 1.29 is 9.59 Å². The number of para-hydroxylation sites is 2. The fraction of sp³-hybridized carbons (Fsp3) is 0. The van der Waals surface area contributed by atoms with E-state index in [4.69, 9.17) is 9.97 Å². The van der Waals surface area contributed by atoms with Gasteiger partial charge in [0.25, 0.3) is 11.8 Å². The molecular formula is C33H21N5O2S2. The molecule has 0 saturated carbocycles. The molecule has 7 nitrogen and oxygen atoms in total. The van der Waals surface area contributed by atoms with E-state index in [1.54, 1.807) is 53.0 Å². The average molecular weight is 584 g/mol. The zero-order valence-electron chi connectivity index (χ0n) is 21.9. The van der Waals surface area contributed by atoms with Gasteiger partial charge in [0.15, 0.2) is 0 Å². The Morgan fingerprint density at radius 2 is 1.00 bits per heavy atom. The van der Waals surface area contributed by atoms with Crippen molar-refractivity contribution in [2.24, 2.45) is 0 Å². The molecule has 5 heterocycles. The summed E-state index contributed by atoms with van der Waals surface area (Å²) in [6, 6.07) is 31.7. The molecule has 0 radical (unpaired) electrons. The predicted molar refractivity (Wildman–Crippen MR) is 170 cm³/mol. The van der Waals surface area contributed by atoms with E-state index in [2.05, 4.69) is 15.6 Å². The number of thiophene rings is 2. The number of amides is 2. The molecule has 5 aromatic heterocycles.